The predicted molar refractivity (Wildman–Crippen MR) is 105 cm³/mol. The quantitative estimate of drug-likeness (QED) is 0.440. The number of hydrogen-bond acceptors (Lipinski definition) is 6. The van der Waals surface area contributed by atoms with E-state index in [-0.39, 0.29) is 29.0 Å². The average Bonchev–Trinajstić information content (AvgIpc) is 3.52. The predicted octanol–water partition coefficient (Wildman–Crippen LogP) is 4.71. The van der Waals surface area contributed by atoms with Gasteiger partial charge in [-0.15, -0.1) is 0 Å². The van der Waals surface area contributed by atoms with Gasteiger partial charge in [-0.3, -0.25) is 4.57 Å². The summed E-state index contributed by atoms with van der Waals surface area (Å²) in [6.45, 7) is 0. The lowest BCUT2D eigenvalue weighted by Crippen LogP contribution is -2.12. The van der Waals surface area contributed by atoms with Gasteiger partial charge in [0.2, 0.25) is 11.8 Å². The number of imidazole rings is 1. The van der Waals surface area contributed by atoms with Crippen LogP contribution in [0.4, 0.5) is 39.3 Å². The Morgan fingerprint density at radius 3 is 2.41 bits per heavy atom. The van der Waals surface area contributed by atoms with Gasteiger partial charge in [-0.2, -0.15) is 27.5 Å². The topological polar surface area (TPSA) is 94.5 Å². The lowest BCUT2D eigenvalue weighted by atomic mass is 10.2. The number of halogens is 5. The molecule has 1 aliphatic rings. The van der Waals surface area contributed by atoms with Gasteiger partial charge in [-0.05, 0) is 37.1 Å². The molecule has 0 aliphatic heterocycles. The fourth-order valence-corrected chi connectivity index (χ4v) is 3.29. The average molecular weight is 447 g/mol. The van der Waals surface area contributed by atoms with Crippen molar-refractivity contribution in [3.8, 4) is 5.95 Å². The second-order valence-corrected chi connectivity index (χ2v) is 7.35. The van der Waals surface area contributed by atoms with E-state index in [1.165, 1.54) is 10.6 Å². The number of hydrogen-bond donors (Lipinski definition) is 2. The molecule has 1 saturated carbocycles. The highest BCUT2D eigenvalue weighted by Crippen LogP contribution is 2.41. The van der Waals surface area contributed by atoms with Crippen LogP contribution in [0.5, 0.6) is 0 Å². The van der Waals surface area contributed by atoms with Crippen molar-refractivity contribution >= 4 is 28.5 Å². The van der Waals surface area contributed by atoms with Gasteiger partial charge in [0.05, 0.1) is 17.3 Å². The summed E-state index contributed by atoms with van der Waals surface area (Å²) in [5.41, 5.74) is 5.62. The third kappa shape index (κ3) is 3.57. The zero-order chi connectivity index (χ0) is 22.6. The van der Waals surface area contributed by atoms with E-state index in [4.69, 9.17) is 5.73 Å². The van der Waals surface area contributed by atoms with Gasteiger partial charge in [0.15, 0.2) is 17.3 Å². The first-order chi connectivity index (χ1) is 15.2. The summed E-state index contributed by atoms with van der Waals surface area (Å²) in [4.78, 5) is 16.6. The second-order valence-electron chi connectivity index (χ2n) is 7.35. The number of benzene rings is 1. The fraction of sp³-hybridized carbons (Fsp3) is 0.200. The molecular weight excluding hydrogens is 433 g/mol. The molecule has 0 saturated heterocycles. The van der Waals surface area contributed by atoms with Crippen molar-refractivity contribution in [2.24, 2.45) is 0 Å². The lowest BCUT2D eigenvalue weighted by Gasteiger charge is -2.13. The van der Waals surface area contributed by atoms with E-state index in [0.717, 1.165) is 43.3 Å². The summed E-state index contributed by atoms with van der Waals surface area (Å²) in [7, 11) is 0. The van der Waals surface area contributed by atoms with Crippen molar-refractivity contribution in [1.29, 1.82) is 0 Å². The lowest BCUT2D eigenvalue weighted by molar-refractivity contribution is -0.137. The van der Waals surface area contributed by atoms with Crippen molar-refractivity contribution in [2.45, 2.75) is 24.9 Å². The summed E-state index contributed by atoms with van der Waals surface area (Å²) in [5.74, 6) is -1.83. The van der Waals surface area contributed by atoms with Crippen LogP contribution in [0, 0.1) is 11.6 Å². The number of fused-ring (bicyclic) bond motifs is 1. The van der Waals surface area contributed by atoms with Crippen LogP contribution in [0.2, 0.25) is 0 Å². The van der Waals surface area contributed by atoms with E-state index in [0.29, 0.717) is 11.3 Å². The molecule has 1 aromatic carbocycles. The standard InChI is InChI=1S/C20H14F5N7/c21-11-7-13-16(27-8-11)30-18(9-1-2-9)32(13)19-29-15(26)14(22)17(31-19)28-12-5-3-10(4-6-12)20(23,24)25/h3-9H,1-2H2,(H3,26,28,29,31). The minimum Gasteiger partial charge on any atom is -0.381 e. The van der Waals surface area contributed by atoms with Crippen molar-refractivity contribution in [3.05, 3.63) is 59.6 Å². The maximum Gasteiger partial charge on any atom is 0.416 e. The number of nitrogens with one attached hydrogen (secondary N) is 1. The van der Waals surface area contributed by atoms with Crippen LogP contribution in [0.15, 0.2) is 36.5 Å². The Morgan fingerprint density at radius 1 is 1.03 bits per heavy atom. The van der Waals surface area contributed by atoms with E-state index in [1.807, 2.05) is 0 Å². The molecule has 0 atom stereocenters. The van der Waals surface area contributed by atoms with Gasteiger partial charge in [0, 0.05) is 17.7 Å². The maximum atomic E-state index is 14.6. The summed E-state index contributed by atoms with van der Waals surface area (Å²) in [5, 5.41) is 2.62. The molecule has 0 radical (unpaired) electrons. The summed E-state index contributed by atoms with van der Waals surface area (Å²) < 4.78 is 68.3. The highest BCUT2D eigenvalue weighted by molar-refractivity contribution is 5.74. The Balaban J connectivity index is 1.59. The van der Waals surface area contributed by atoms with Crippen LogP contribution in [0.3, 0.4) is 0 Å². The monoisotopic (exact) mass is 447 g/mol. The van der Waals surface area contributed by atoms with Gasteiger partial charge in [-0.1, -0.05) is 0 Å². The Bertz CT molecular complexity index is 1330. The first kappa shape index (κ1) is 20.1. The van der Waals surface area contributed by atoms with E-state index >= 15 is 0 Å². The molecule has 1 aliphatic carbocycles. The Kier molecular flexibility index (Phi) is 4.46. The first-order valence-electron chi connectivity index (χ1n) is 9.52. The van der Waals surface area contributed by atoms with E-state index in [2.05, 4.69) is 25.3 Å². The number of anilines is 3. The zero-order valence-corrected chi connectivity index (χ0v) is 16.2. The molecule has 164 valence electrons. The van der Waals surface area contributed by atoms with Crippen LogP contribution >= 0.6 is 0 Å². The molecule has 0 spiro atoms. The van der Waals surface area contributed by atoms with E-state index in [1.54, 1.807) is 0 Å². The highest BCUT2D eigenvalue weighted by atomic mass is 19.4. The molecule has 12 heteroatoms. The van der Waals surface area contributed by atoms with Crippen molar-refractivity contribution < 1.29 is 22.0 Å². The molecule has 0 amide bonds. The molecule has 3 heterocycles. The van der Waals surface area contributed by atoms with Crippen LogP contribution in [-0.2, 0) is 6.18 Å². The van der Waals surface area contributed by atoms with Crippen molar-refractivity contribution in [2.75, 3.05) is 11.1 Å². The highest BCUT2D eigenvalue weighted by Gasteiger charge is 2.32. The molecule has 0 unspecified atom stereocenters. The van der Waals surface area contributed by atoms with Crippen LogP contribution < -0.4 is 11.1 Å². The molecule has 1 fully saturated rings. The number of rotatable bonds is 4. The largest absolute Gasteiger partial charge is 0.416 e. The molecule has 3 aromatic heterocycles. The number of nitrogens with zero attached hydrogens (tertiary/aromatic N) is 5. The van der Waals surface area contributed by atoms with Gasteiger partial charge < -0.3 is 11.1 Å². The summed E-state index contributed by atoms with van der Waals surface area (Å²) in [6, 6.07) is 5.21. The molecule has 5 rings (SSSR count). The summed E-state index contributed by atoms with van der Waals surface area (Å²) in [6.07, 6.45) is -1.74. The van der Waals surface area contributed by atoms with Crippen LogP contribution in [-0.4, -0.2) is 24.5 Å². The molecule has 0 bridgehead atoms. The smallest absolute Gasteiger partial charge is 0.381 e. The minimum absolute atomic E-state index is 0.0601. The summed E-state index contributed by atoms with van der Waals surface area (Å²) >= 11 is 0. The Morgan fingerprint density at radius 2 is 1.75 bits per heavy atom. The molecule has 32 heavy (non-hydrogen) atoms. The van der Waals surface area contributed by atoms with Crippen LogP contribution in [0.25, 0.3) is 17.1 Å². The maximum absolute atomic E-state index is 14.6. The van der Waals surface area contributed by atoms with Crippen molar-refractivity contribution in [1.82, 2.24) is 24.5 Å². The Hall–Kier alpha value is -3.83. The number of nitrogen functional groups attached to an aromatic ring is 1. The molecule has 7 nitrogen and oxygen atoms in total. The van der Waals surface area contributed by atoms with Gasteiger partial charge in [0.1, 0.15) is 11.6 Å². The van der Waals surface area contributed by atoms with E-state index in [9.17, 15) is 22.0 Å². The third-order valence-corrected chi connectivity index (χ3v) is 4.99. The number of alkyl halides is 3. The minimum atomic E-state index is -4.50. The molecular formula is C20H14F5N7. The zero-order valence-electron chi connectivity index (χ0n) is 16.2. The second kappa shape index (κ2) is 7.11. The van der Waals surface area contributed by atoms with Gasteiger partial charge in [-0.25, -0.2) is 14.4 Å². The van der Waals surface area contributed by atoms with Crippen molar-refractivity contribution in [3.63, 3.8) is 0 Å². The number of aromatic nitrogens is 5. The molecule has 4 aromatic rings. The van der Waals surface area contributed by atoms with E-state index < -0.39 is 29.2 Å². The third-order valence-electron chi connectivity index (χ3n) is 4.99. The van der Waals surface area contributed by atoms with Gasteiger partial charge >= 0.3 is 6.18 Å². The molecule has 3 N–H and O–H groups in total. The first-order valence-corrected chi connectivity index (χ1v) is 9.52. The van der Waals surface area contributed by atoms with Crippen LogP contribution in [0.1, 0.15) is 30.1 Å². The normalized spacial score (nSPS) is 14.2. The Labute approximate surface area is 177 Å². The van der Waals surface area contributed by atoms with Gasteiger partial charge in [0.25, 0.3) is 0 Å². The fourth-order valence-electron chi connectivity index (χ4n) is 3.29. The number of pyridine rings is 1. The SMILES string of the molecule is Nc1nc(-n2c(C3CC3)nc3ncc(F)cc32)nc(Nc2ccc(C(F)(F)F)cc2)c1F. The number of nitrogens with two attached hydrogens (primary N) is 1.